The predicted octanol–water partition coefficient (Wildman–Crippen LogP) is 8.23. The van der Waals surface area contributed by atoms with Crippen molar-refractivity contribution in [2.45, 2.75) is 0 Å². The number of para-hydroxylation sites is 2. The van der Waals surface area contributed by atoms with Gasteiger partial charge in [-0.15, -0.1) is 11.3 Å². The molecule has 3 heterocycles. The summed E-state index contributed by atoms with van der Waals surface area (Å²) >= 11 is 1.77. The van der Waals surface area contributed by atoms with Gasteiger partial charge in [-0.2, -0.15) is 5.10 Å². The fourth-order valence-corrected chi connectivity index (χ4v) is 5.86. The molecule has 0 aliphatic rings. The highest BCUT2D eigenvalue weighted by Gasteiger charge is 2.13. The molecule has 0 N–H and O–H groups in total. The van der Waals surface area contributed by atoms with Crippen molar-refractivity contribution in [3.63, 3.8) is 0 Å². The Labute approximate surface area is 206 Å². The third-order valence-corrected chi connectivity index (χ3v) is 7.56. The van der Waals surface area contributed by atoms with Gasteiger partial charge < -0.3 is 4.90 Å². The Hall–Kier alpha value is -4.48. The molecule has 35 heavy (non-hydrogen) atoms. The van der Waals surface area contributed by atoms with Crippen molar-refractivity contribution < 1.29 is 0 Å². The van der Waals surface area contributed by atoms with E-state index >= 15 is 0 Å². The topological polar surface area (TPSA) is 33.4 Å². The Kier molecular flexibility index (Phi) is 4.60. The van der Waals surface area contributed by atoms with E-state index in [0.717, 1.165) is 22.7 Å². The van der Waals surface area contributed by atoms with E-state index in [0.29, 0.717) is 0 Å². The number of hydrogen-bond donors (Lipinski definition) is 0. The van der Waals surface area contributed by atoms with Crippen LogP contribution in [0.5, 0.6) is 0 Å². The second-order valence-electron chi connectivity index (χ2n) is 8.45. The zero-order chi connectivity index (χ0) is 23.2. The van der Waals surface area contributed by atoms with Crippen molar-refractivity contribution in [3.05, 3.63) is 122 Å². The van der Waals surface area contributed by atoms with E-state index in [2.05, 4.69) is 112 Å². The highest BCUT2D eigenvalue weighted by molar-refractivity contribution is 7.26. The van der Waals surface area contributed by atoms with Gasteiger partial charge in [0.05, 0.1) is 4.70 Å². The molecule has 0 saturated carbocycles. The molecule has 7 rings (SSSR count). The molecule has 0 aliphatic heterocycles. The summed E-state index contributed by atoms with van der Waals surface area (Å²) in [4.78, 5) is 6.74. The van der Waals surface area contributed by atoms with Crippen LogP contribution in [-0.4, -0.2) is 14.6 Å². The first-order valence-electron chi connectivity index (χ1n) is 11.5. The van der Waals surface area contributed by atoms with Crippen LogP contribution in [0.2, 0.25) is 0 Å². The van der Waals surface area contributed by atoms with Gasteiger partial charge in [-0.05, 0) is 65.7 Å². The molecule has 0 spiro atoms. The number of fused-ring (bicyclic) bond motifs is 5. The van der Waals surface area contributed by atoms with Crippen LogP contribution >= 0.6 is 11.3 Å². The minimum atomic E-state index is 0.913. The van der Waals surface area contributed by atoms with E-state index in [1.807, 2.05) is 22.8 Å². The Morgan fingerprint density at radius 3 is 2.00 bits per heavy atom. The predicted molar refractivity (Wildman–Crippen MR) is 146 cm³/mol. The minimum Gasteiger partial charge on any atom is -0.311 e. The molecule has 0 amide bonds. The van der Waals surface area contributed by atoms with Gasteiger partial charge >= 0.3 is 0 Å². The maximum atomic E-state index is 4.46. The molecule has 0 bridgehead atoms. The number of hydrogen-bond acceptors (Lipinski definition) is 4. The van der Waals surface area contributed by atoms with Gasteiger partial charge in [0.1, 0.15) is 6.33 Å². The van der Waals surface area contributed by atoms with Crippen LogP contribution in [0.3, 0.4) is 0 Å². The second kappa shape index (κ2) is 8.08. The van der Waals surface area contributed by atoms with Crippen LogP contribution in [0.15, 0.2) is 122 Å². The molecule has 0 saturated heterocycles. The SMILES string of the molecule is c1ccc(N(c2ccccc2)c2ccc(-c3ccc4sc5c(ccn6ncnc56)c4c3)cc2)cc1. The van der Waals surface area contributed by atoms with Gasteiger partial charge in [0.2, 0.25) is 0 Å². The van der Waals surface area contributed by atoms with E-state index in [1.165, 1.54) is 31.3 Å². The molecule has 166 valence electrons. The zero-order valence-corrected chi connectivity index (χ0v) is 19.6. The number of anilines is 3. The molecular formula is C30H20N4S. The first-order valence-corrected chi connectivity index (χ1v) is 12.3. The first-order chi connectivity index (χ1) is 17.3. The monoisotopic (exact) mass is 468 g/mol. The third kappa shape index (κ3) is 3.36. The molecule has 0 fully saturated rings. The summed E-state index contributed by atoms with van der Waals surface area (Å²) in [6.45, 7) is 0. The summed E-state index contributed by atoms with van der Waals surface area (Å²) in [6, 6.07) is 38.7. The second-order valence-corrected chi connectivity index (χ2v) is 9.51. The van der Waals surface area contributed by atoms with Crippen LogP contribution in [0.1, 0.15) is 0 Å². The van der Waals surface area contributed by atoms with Gasteiger partial charge in [-0.1, -0.05) is 54.6 Å². The lowest BCUT2D eigenvalue weighted by molar-refractivity contribution is 0.967. The van der Waals surface area contributed by atoms with Crippen molar-refractivity contribution in [2.24, 2.45) is 0 Å². The first kappa shape index (κ1) is 19.9. The molecule has 0 aliphatic carbocycles. The Morgan fingerprint density at radius 2 is 1.29 bits per heavy atom. The number of rotatable bonds is 4. The van der Waals surface area contributed by atoms with Gasteiger partial charge in [-0.3, -0.25) is 0 Å². The van der Waals surface area contributed by atoms with Crippen molar-refractivity contribution >= 4 is 54.2 Å². The maximum absolute atomic E-state index is 4.46. The number of nitrogens with zero attached hydrogens (tertiary/aromatic N) is 4. The van der Waals surface area contributed by atoms with E-state index < -0.39 is 0 Å². The smallest absolute Gasteiger partial charge is 0.173 e. The Morgan fingerprint density at radius 1 is 0.629 bits per heavy atom. The molecule has 0 radical (unpaired) electrons. The summed E-state index contributed by atoms with van der Waals surface area (Å²) in [5.41, 5.74) is 6.71. The van der Waals surface area contributed by atoms with Crippen LogP contribution in [0, 0.1) is 0 Å². The van der Waals surface area contributed by atoms with Crippen molar-refractivity contribution in [1.82, 2.24) is 14.6 Å². The molecule has 7 aromatic rings. The lowest BCUT2D eigenvalue weighted by Gasteiger charge is -2.25. The number of thiophene rings is 1. The van der Waals surface area contributed by atoms with Gasteiger partial charge in [-0.25, -0.2) is 9.50 Å². The van der Waals surface area contributed by atoms with Gasteiger partial charge in [0.15, 0.2) is 5.65 Å². The quantitative estimate of drug-likeness (QED) is 0.261. The summed E-state index contributed by atoms with van der Waals surface area (Å²) in [5, 5.41) is 6.76. The highest BCUT2D eigenvalue weighted by atomic mass is 32.1. The lowest BCUT2D eigenvalue weighted by Crippen LogP contribution is -2.09. The molecule has 5 heteroatoms. The minimum absolute atomic E-state index is 0.913. The molecule has 4 aromatic carbocycles. The lowest BCUT2D eigenvalue weighted by atomic mass is 10.0. The summed E-state index contributed by atoms with van der Waals surface area (Å²) in [5.74, 6) is 0. The largest absolute Gasteiger partial charge is 0.311 e. The zero-order valence-electron chi connectivity index (χ0n) is 18.7. The highest BCUT2D eigenvalue weighted by Crippen LogP contribution is 2.39. The van der Waals surface area contributed by atoms with Crippen LogP contribution in [0.25, 0.3) is 36.9 Å². The maximum Gasteiger partial charge on any atom is 0.173 e. The Balaban J connectivity index is 1.31. The van der Waals surface area contributed by atoms with Crippen LogP contribution < -0.4 is 4.90 Å². The van der Waals surface area contributed by atoms with Gasteiger partial charge in [0, 0.05) is 38.7 Å². The molecule has 4 nitrogen and oxygen atoms in total. The summed E-state index contributed by atoms with van der Waals surface area (Å²) in [6.07, 6.45) is 3.60. The van der Waals surface area contributed by atoms with Gasteiger partial charge in [0.25, 0.3) is 0 Å². The fraction of sp³-hybridized carbons (Fsp3) is 0. The van der Waals surface area contributed by atoms with E-state index in [9.17, 15) is 0 Å². The number of benzene rings is 4. The molecular weight excluding hydrogens is 448 g/mol. The third-order valence-electron chi connectivity index (χ3n) is 6.37. The average Bonchev–Trinajstić information content (AvgIpc) is 3.55. The van der Waals surface area contributed by atoms with Crippen molar-refractivity contribution in [3.8, 4) is 11.1 Å². The Bertz CT molecular complexity index is 1750. The standard InChI is InChI=1S/C30H20N4S/c1-3-7-23(8-4-1)34(24-9-5-2-6-10-24)25-14-11-21(12-15-25)22-13-16-28-27(19-22)26-17-18-33-30(29(26)35-28)31-20-32-33/h1-20H. The fourth-order valence-electron chi connectivity index (χ4n) is 4.70. The summed E-state index contributed by atoms with van der Waals surface area (Å²) in [7, 11) is 0. The average molecular weight is 469 g/mol. The van der Waals surface area contributed by atoms with Crippen LogP contribution in [0.4, 0.5) is 17.1 Å². The number of pyridine rings is 1. The molecule has 0 unspecified atom stereocenters. The van der Waals surface area contributed by atoms with E-state index in [-0.39, 0.29) is 0 Å². The van der Waals surface area contributed by atoms with E-state index in [4.69, 9.17) is 0 Å². The van der Waals surface area contributed by atoms with Crippen molar-refractivity contribution in [2.75, 3.05) is 4.90 Å². The normalized spacial score (nSPS) is 11.4. The van der Waals surface area contributed by atoms with Crippen LogP contribution in [-0.2, 0) is 0 Å². The van der Waals surface area contributed by atoms with E-state index in [1.54, 1.807) is 17.7 Å². The molecule has 0 atom stereocenters. The summed E-state index contributed by atoms with van der Waals surface area (Å²) < 4.78 is 4.27. The van der Waals surface area contributed by atoms with Crippen molar-refractivity contribution in [1.29, 1.82) is 0 Å². The molecule has 3 aromatic heterocycles. The number of aromatic nitrogens is 3.